The van der Waals surface area contributed by atoms with Crippen LogP contribution in [0.3, 0.4) is 0 Å². The van der Waals surface area contributed by atoms with Crippen molar-refractivity contribution in [3.8, 4) is 28.7 Å². The zero-order chi connectivity index (χ0) is 24.4. The maximum Gasteiger partial charge on any atom is 0.277 e. The van der Waals surface area contributed by atoms with Crippen molar-refractivity contribution < 1.29 is 23.4 Å². The van der Waals surface area contributed by atoms with Gasteiger partial charge in [-0.25, -0.2) is 0 Å². The van der Waals surface area contributed by atoms with Gasteiger partial charge in [0.1, 0.15) is 12.4 Å². The van der Waals surface area contributed by atoms with Crippen molar-refractivity contribution in [1.82, 2.24) is 14.8 Å². The number of aryl methyl sites for hydroxylation is 1. The van der Waals surface area contributed by atoms with Crippen LogP contribution in [0.1, 0.15) is 21.7 Å². The summed E-state index contributed by atoms with van der Waals surface area (Å²) in [4.78, 5) is 13.0. The number of rotatable bonds is 8. The second kappa shape index (κ2) is 9.87. The number of ketones is 1. The van der Waals surface area contributed by atoms with Gasteiger partial charge >= 0.3 is 0 Å². The van der Waals surface area contributed by atoms with Crippen molar-refractivity contribution in [3.63, 3.8) is 0 Å². The lowest BCUT2D eigenvalue weighted by Crippen LogP contribution is -2.33. The summed E-state index contributed by atoms with van der Waals surface area (Å²) < 4.78 is 25.2. The molecule has 0 aliphatic carbocycles. The van der Waals surface area contributed by atoms with Crippen LogP contribution < -0.4 is 14.2 Å². The minimum atomic E-state index is -0.140. The van der Waals surface area contributed by atoms with Gasteiger partial charge in [-0.15, -0.1) is 10.2 Å². The van der Waals surface area contributed by atoms with E-state index in [1.165, 1.54) is 11.8 Å². The number of carbonyl (C=O) groups excluding carboxylic acids is 1. The van der Waals surface area contributed by atoms with Crippen LogP contribution >= 0.6 is 11.8 Å². The molecule has 0 saturated heterocycles. The van der Waals surface area contributed by atoms with Crippen molar-refractivity contribution in [2.24, 2.45) is 0 Å². The number of Topliss-reactive ketones (excluding diaryl/α,β-unsaturated/α-hetero) is 1. The molecule has 0 saturated carbocycles. The van der Waals surface area contributed by atoms with Crippen LogP contribution in [0.2, 0.25) is 0 Å². The fourth-order valence-corrected chi connectivity index (χ4v) is 4.77. The molecule has 1 aliphatic heterocycles. The van der Waals surface area contributed by atoms with Gasteiger partial charge in [-0.1, -0.05) is 36.0 Å². The molecular formula is C26H25N3O5S. The van der Waals surface area contributed by atoms with Crippen molar-refractivity contribution in [1.29, 1.82) is 0 Å². The molecule has 180 valence electrons. The molecule has 0 radical (unpaired) electrons. The second-order valence-corrected chi connectivity index (χ2v) is 9.10. The van der Waals surface area contributed by atoms with E-state index < -0.39 is 0 Å². The van der Waals surface area contributed by atoms with Crippen molar-refractivity contribution in [3.05, 3.63) is 71.5 Å². The average Bonchev–Trinajstić information content (AvgIpc) is 3.47. The normalized spacial score (nSPS) is 14.7. The first kappa shape index (κ1) is 23.0. The Labute approximate surface area is 207 Å². The van der Waals surface area contributed by atoms with Crippen LogP contribution in [0, 0.1) is 13.8 Å². The SMILES string of the molecule is COc1ccccc1-c1nnc(SCC(=O)c2cc(C)n(C[C@H]3COc4ccccc4O3)c2C)o1. The lowest BCUT2D eigenvalue weighted by Gasteiger charge is -2.27. The van der Waals surface area contributed by atoms with Crippen molar-refractivity contribution in [2.45, 2.75) is 31.7 Å². The fraction of sp³-hybridized carbons (Fsp3) is 0.269. The molecular weight excluding hydrogens is 466 g/mol. The number of fused-ring (bicyclic) bond motifs is 1. The molecule has 4 aromatic rings. The summed E-state index contributed by atoms with van der Waals surface area (Å²) in [5.41, 5.74) is 3.28. The number of para-hydroxylation sites is 3. The van der Waals surface area contributed by atoms with Crippen LogP contribution in [0.5, 0.6) is 17.2 Å². The summed E-state index contributed by atoms with van der Waals surface area (Å²) in [7, 11) is 1.59. The van der Waals surface area contributed by atoms with E-state index in [2.05, 4.69) is 14.8 Å². The standard InChI is InChI=1S/C26H25N3O5S/c1-16-12-20(17(2)29(16)13-18-14-32-23-10-6-7-11-24(23)33-18)21(30)15-35-26-28-27-25(34-26)19-8-4-5-9-22(19)31-3/h4-12,18H,13-15H2,1-3H3/t18-/m0/s1. The minimum absolute atomic E-state index is 0.00227. The van der Waals surface area contributed by atoms with Gasteiger partial charge in [-0.3, -0.25) is 4.79 Å². The highest BCUT2D eigenvalue weighted by atomic mass is 32.2. The predicted octanol–water partition coefficient (Wildman–Crippen LogP) is 4.98. The van der Waals surface area contributed by atoms with Crippen molar-refractivity contribution >= 4 is 17.5 Å². The number of methoxy groups -OCH3 is 1. The first-order valence-corrected chi connectivity index (χ1v) is 12.2. The molecule has 0 spiro atoms. The third kappa shape index (κ3) is 4.77. The highest BCUT2D eigenvalue weighted by molar-refractivity contribution is 7.99. The highest BCUT2D eigenvalue weighted by Crippen LogP contribution is 2.32. The number of ether oxygens (including phenoxy) is 3. The van der Waals surface area contributed by atoms with Gasteiger partial charge in [0, 0.05) is 17.0 Å². The van der Waals surface area contributed by atoms with Crippen LogP contribution in [0.15, 0.2) is 64.2 Å². The molecule has 3 heterocycles. The van der Waals surface area contributed by atoms with Gasteiger partial charge in [-0.2, -0.15) is 0 Å². The Kier molecular flexibility index (Phi) is 6.50. The Hall–Kier alpha value is -3.72. The Balaban J connectivity index is 1.24. The number of nitrogens with zero attached hydrogens (tertiary/aromatic N) is 3. The zero-order valence-corrected chi connectivity index (χ0v) is 20.5. The lowest BCUT2D eigenvalue weighted by atomic mass is 10.2. The molecule has 0 unspecified atom stereocenters. The predicted molar refractivity (Wildman–Crippen MR) is 132 cm³/mol. The third-order valence-electron chi connectivity index (χ3n) is 5.90. The average molecular weight is 492 g/mol. The van der Waals surface area contributed by atoms with Gasteiger partial charge in [0.15, 0.2) is 23.4 Å². The van der Waals surface area contributed by atoms with E-state index in [0.717, 1.165) is 22.9 Å². The molecule has 2 aromatic carbocycles. The van der Waals surface area contributed by atoms with Gasteiger partial charge in [0.2, 0.25) is 0 Å². The molecule has 1 aliphatic rings. The van der Waals surface area contributed by atoms with E-state index in [1.54, 1.807) is 7.11 Å². The number of thioether (sulfide) groups is 1. The van der Waals surface area contributed by atoms with E-state index in [4.69, 9.17) is 18.6 Å². The van der Waals surface area contributed by atoms with Gasteiger partial charge in [0.05, 0.1) is 25.0 Å². The third-order valence-corrected chi connectivity index (χ3v) is 6.72. The minimum Gasteiger partial charge on any atom is -0.496 e. The van der Waals surface area contributed by atoms with E-state index in [1.807, 2.05) is 68.4 Å². The quantitative estimate of drug-likeness (QED) is 0.252. The molecule has 2 aromatic heterocycles. The summed E-state index contributed by atoms with van der Waals surface area (Å²) in [6.45, 7) is 5.00. The highest BCUT2D eigenvalue weighted by Gasteiger charge is 2.24. The molecule has 9 heteroatoms. The largest absolute Gasteiger partial charge is 0.496 e. The number of aromatic nitrogens is 3. The summed E-state index contributed by atoms with van der Waals surface area (Å²) >= 11 is 1.22. The van der Waals surface area contributed by atoms with E-state index in [-0.39, 0.29) is 17.6 Å². The molecule has 1 atom stereocenters. The molecule has 0 N–H and O–H groups in total. The fourth-order valence-electron chi connectivity index (χ4n) is 4.12. The van der Waals surface area contributed by atoms with Crippen LogP contribution in [0.4, 0.5) is 0 Å². The van der Waals surface area contributed by atoms with Gasteiger partial charge in [0.25, 0.3) is 11.1 Å². The maximum absolute atomic E-state index is 13.0. The Bertz CT molecular complexity index is 1360. The monoisotopic (exact) mass is 491 g/mol. The van der Waals surface area contributed by atoms with Gasteiger partial charge < -0.3 is 23.2 Å². The zero-order valence-electron chi connectivity index (χ0n) is 19.7. The number of hydrogen-bond acceptors (Lipinski definition) is 8. The molecule has 8 nitrogen and oxygen atoms in total. The topological polar surface area (TPSA) is 88.6 Å². The number of carbonyl (C=O) groups is 1. The number of benzene rings is 2. The molecule has 35 heavy (non-hydrogen) atoms. The summed E-state index contributed by atoms with van der Waals surface area (Å²) in [6, 6.07) is 17.0. The lowest BCUT2D eigenvalue weighted by molar-refractivity contribution is 0.0777. The second-order valence-electron chi connectivity index (χ2n) is 8.18. The van der Waals surface area contributed by atoms with Crippen molar-refractivity contribution in [2.75, 3.05) is 19.5 Å². The van der Waals surface area contributed by atoms with Crippen LogP contribution in [-0.2, 0) is 6.54 Å². The summed E-state index contributed by atoms with van der Waals surface area (Å²) in [6.07, 6.45) is -0.140. The smallest absolute Gasteiger partial charge is 0.277 e. The van der Waals surface area contributed by atoms with E-state index in [9.17, 15) is 4.79 Å². The Morgan fingerprint density at radius 2 is 1.89 bits per heavy atom. The van der Waals surface area contributed by atoms with E-state index in [0.29, 0.717) is 41.1 Å². The summed E-state index contributed by atoms with van der Waals surface area (Å²) in [5, 5.41) is 8.51. The number of hydrogen-bond donors (Lipinski definition) is 0. The van der Waals surface area contributed by atoms with Gasteiger partial charge in [-0.05, 0) is 44.2 Å². The molecule has 0 fully saturated rings. The first-order chi connectivity index (χ1) is 17.0. The van der Waals surface area contributed by atoms with E-state index >= 15 is 0 Å². The maximum atomic E-state index is 13.0. The molecule has 5 rings (SSSR count). The molecule has 0 amide bonds. The van der Waals surface area contributed by atoms with Crippen LogP contribution in [0.25, 0.3) is 11.5 Å². The van der Waals surface area contributed by atoms with Crippen LogP contribution in [-0.4, -0.2) is 46.1 Å². The summed E-state index contributed by atoms with van der Waals surface area (Å²) in [5.74, 6) is 2.68. The Morgan fingerprint density at radius 3 is 2.71 bits per heavy atom. The first-order valence-electron chi connectivity index (χ1n) is 11.2. The Morgan fingerprint density at radius 1 is 1.11 bits per heavy atom. The molecule has 0 bridgehead atoms.